The quantitative estimate of drug-likeness (QED) is 0.300. The SMILES string of the molecule is [N-]=[N+]=Nc1ncnc(Cl)c1N. The van der Waals surface area contributed by atoms with Crippen LogP contribution in [0.1, 0.15) is 0 Å². The molecule has 56 valence electrons. The Morgan fingerprint density at radius 1 is 1.64 bits per heavy atom. The van der Waals surface area contributed by atoms with Crippen LogP contribution < -0.4 is 5.73 Å². The van der Waals surface area contributed by atoms with Gasteiger partial charge in [0.05, 0.1) is 5.69 Å². The third-order valence-corrected chi connectivity index (χ3v) is 1.25. The summed E-state index contributed by atoms with van der Waals surface area (Å²) in [6.07, 6.45) is 1.17. The van der Waals surface area contributed by atoms with Crippen molar-refractivity contribution in [3.05, 3.63) is 21.9 Å². The first-order valence-electron chi connectivity index (χ1n) is 2.56. The molecule has 1 heterocycles. The largest absolute Gasteiger partial charge is 0.395 e. The number of hydrogen-bond acceptors (Lipinski definition) is 4. The van der Waals surface area contributed by atoms with E-state index < -0.39 is 0 Å². The minimum absolute atomic E-state index is 0.0486. The maximum atomic E-state index is 8.03. The summed E-state index contributed by atoms with van der Waals surface area (Å²) < 4.78 is 0. The molecule has 1 aromatic heterocycles. The average Bonchev–Trinajstić information content (AvgIpc) is 1.99. The van der Waals surface area contributed by atoms with Gasteiger partial charge in [-0.2, -0.15) is 0 Å². The highest BCUT2D eigenvalue weighted by Crippen LogP contribution is 2.24. The molecule has 0 aromatic carbocycles. The molecular weight excluding hydrogens is 168 g/mol. The van der Waals surface area contributed by atoms with E-state index in [2.05, 4.69) is 20.0 Å². The summed E-state index contributed by atoms with van der Waals surface area (Å²) in [5.41, 5.74) is 13.5. The lowest BCUT2D eigenvalue weighted by Gasteiger charge is -1.96. The summed E-state index contributed by atoms with van der Waals surface area (Å²) in [4.78, 5) is 9.66. The second kappa shape index (κ2) is 3.05. The highest BCUT2D eigenvalue weighted by atomic mass is 35.5. The second-order valence-electron chi connectivity index (χ2n) is 1.59. The fourth-order valence-corrected chi connectivity index (χ4v) is 0.616. The van der Waals surface area contributed by atoms with E-state index in [0.717, 1.165) is 0 Å². The molecule has 0 amide bonds. The first-order valence-corrected chi connectivity index (χ1v) is 2.94. The van der Waals surface area contributed by atoms with Crippen molar-refractivity contribution in [1.82, 2.24) is 9.97 Å². The van der Waals surface area contributed by atoms with Crippen molar-refractivity contribution in [2.75, 3.05) is 5.73 Å². The molecule has 1 rings (SSSR count). The van der Waals surface area contributed by atoms with E-state index in [9.17, 15) is 0 Å². The number of nitrogens with zero attached hydrogens (tertiary/aromatic N) is 5. The first-order chi connectivity index (χ1) is 5.25. The molecule has 6 nitrogen and oxygen atoms in total. The molecule has 0 aliphatic carbocycles. The molecule has 0 aliphatic rings. The van der Waals surface area contributed by atoms with E-state index in [1.807, 2.05) is 0 Å². The normalized spacial score (nSPS) is 8.82. The predicted octanol–water partition coefficient (Wildman–Crippen LogP) is 1.65. The van der Waals surface area contributed by atoms with Gasteiger partial charge in [-0.25, -0.2) is 9.97 Å². The van der Waals surface area contributed by atoms with Gasteiger partial charge in [0.2, 0.25) is 0 Å². The summed E-state index contributed by atoms with van der Waals surface area (Å²) in [5, 5.41) is 3.27. The summed E-state index contributed by atoms with van der Waals surface area (Å²) in [6, 6.07) is 0. The molecule has 1 aromatic rings. The van der Waals surface area contributed by atoms with Gasteiger partial charge in [-0.3, -0.25) is 0 Å². The molecule has 2 N–H and O–H groups in total. The Morgan fingerprint density at radius 2 is 2.36 bits per heavy atom. The van der Waals surface area contributed by atoms with Gasteiger partial charge in [0.25, 0.3) is 0 Å². The number of anilines is 1. The van der Waals surface area contributed by atoms with Crippen molar-refractivity contribution in [3.8, 4) is 0 Å². The molecule has 0 spiro atoms. The van der Waals surface area contributed by atoms with E-state index in [0.29, 0.717) is 0 Å². The van der Waals surface area contributed by atoms with Crippen LogP contribution in [-0.4, -0.2) is 9.97 Å². The molecule has 11 heavy (non-hydrogen) atoms. The molecule has 7 heteroatoms. The Kier molecular flexibility index (Phi) is 2.10. The summed E-state index contributed by atoms with van der Waals surface area (Å²) >= 11 is 5.49. The zero-order chi connectivity index (χ0) is 8.27. The highest BCUT2D eigenvalue weighted by molar-refractivity contribution is 6.32. The highest BCUT2D eigenvalue weighted by Gasteiger charge is 2.01. The summed E-state index contributed by atoms with van der Waals surface area (Å²) in [6.45, 7) is 0. The van der Waals surface area contributed by atoms with Crippen LogP contribution in [0.25, 0.3) is 10.4 Å². The summed E-state index contributed by atoms with van der Waals surface area (Å²) in [5.74, 6) is 0.0486. The minimum Gasteiger partial charge on any atom is -0.395 e. The van der Waals surface area contributed by atoms with Gasteiger partial charge >= 0.3 is 0 Å². The Balaban J connectivity index is 3.26. The van der Waals surface area contributed by atoms with Gasteiger partial charge in [0.15, 0.2) is 11.0 Å². The maximum absolute atomic E-state index is 8.03. The van der Waals surface area contributed by atoms with Crippen molar-refractivity contribution >= 4 is 23.1 Å². The number of aromatic nitrogens is 2. The lowest BCUT2D eigenvalue weighted by molar-refractivity contribution is 1.15. The van der Waals surface area contributed by atoms with Gasteiger partial charge in [0, 0.05) is 4.91 Å². The zero-order valence-electron chi connectivity index (χ0n) is 5.27. The molecule has 0 saturated heterocycles. The standard InChI is InChI=1S/C4H3ClN6/c5-3-2(6)4(10-11-7)9-1-8-3/h1H,6H2. The minimum atomic E-state index is 0.0486. The maximum Gasteiger partial charge on any atom is 0.155 e. The fourth-order valence-electron chi connectivity index (χ4n) is 0.488. The van der Waals surface area contributed by atoms with Crippen molar-refractivity contribution in [3.63, 3.8) is 0 Å². The molecule has 0 bridgehead atoms. The van der Waals surface area contributed by atoms with E-state index in [4.69, 9.17) is 22.9 Å². The number of nitrogens with two attached hydrogens (primary N) is 1. The summed E-state index contributed by atoms with van der Waals surface area (Å²) in [7, 11) is 0. The van der Waals surface area contributed by atoms with Gasteiger partial charge in [0.1, 0.15) is 6.33 Å². The Morgan fingerprint density at radius 3 is 3.00 bits per heavy atom. The van der Waals surface area contributed by atoms with Crippen molar-refractivity contribution < 1.29 is 0 Å². The van der Waals surface area contributed by atoms with Gasteiger partial charge in [-0.15, -0.1) is 0 Å². The average molecular weight is 171 g/mol. The second-order valence-corrected chi connectivity index (χ2v) is 1.95. The number of halogens is 1. The van der Waals surface area contributed by atoms with Crippen LogP contribution in [0.4, 0.5) is 11.5 Å². The van der Waals surface area contributed by atoms with Gasteiger partial charge in [-0.05, 0) is 10.6 Å². The molecule has 0 aliphatic heterocycles. The Bertz CT molecular complexity index is 316. The molecular formula is C4H3ClN6. The molecule has 0 radical (unpaired) electrons. The van der Waals surface area contributed by atoms with Gasteiger partial charge < -0.3 is 5.73 Å². The van der Waals surface area contributed by atoms with Crippen LogP contribution in [0.5, 0.6) is 0 Å². The topological polar surface area (TPSA) is 101 Å². The fraction of sp³-hybridized carbons (Fsp3) is 0. The number of rotatable bonds is 1. The smallest absolute Gasteiger partial charge is 0.155 e. The molecule has 0 atom stereocenters. The van der Waals surface area contributed by atoms with Crippen LogP contribution in [0, 0.1) is 0 Å². The van der Waals surface area contributed by atoms with Crippen LogP contribution in [0.15, 0.2) is 11.4 Å². The molecule has 0 saturated carbocycles. The third-order valence-electron chi connectivity index (χ3n) is 0.954. The number of nitrogen functional groups attached to an aromatic ring is 1. The molecule has 0 fully saturated rings. The van der Waals surface area contributed by atoms with Crippen LogP contribution >= 0.6 is 11.6 Å². The van der Waals surface area contributed by atoms with Crippen molar-refractivity contribution in [1.29, 1.82) is 0 Å². The Labute approximate surface area is 66.6 Å². The first kappa shape index (κ1) is 7.59. The molecule has 0 unspecified atom stereocenters. The van der Waals surface area contributed by atoms with Crippen LogP contribution in [0.2, 0.25) is 5.15 Å². The van der Waals surface area contributed by atoms with E-state index in [1.165, 1.54) is 6.33 Å². The van der Waals surface area contributed by atoms with Crippen LogP contribution in [0.3, 0.4) is 0 Å². The predicted molar refractivity (Wildman–Crippen MR) is 40.3 cm³/mol. The van der Waals surface area contributed by atoms with Gasteiger partial charge in [-0.1, -0.05) is 11.6 Å². The van der Waals surface area contributed by atoms with E-state index in [1.54, 1.807) is 0 Å². The lowest BCUT2D eigenvalue weighted by atomic mass is 10.5. The number of azide groups is 1. The Hall–Kier alpha value is -1.52. The van der Waals surface area contributed by atoms with E-state index >= 15 is 0 Å². The zero-order valence-corrected chi connectivity index (χ0v) is 6.02. The number of hydrogen-bond donors (Lipinski definition) is 1. The van der Waals surface area contributed by atoms with Crippen LogP contribution in [-0.2, 0) is 0 Å². The van der Waals surface area contributed by atoms with Crippen molar-refractivity contribution in [2.24, 2.45) is 5.11 Å². The third kappa shape index (κ3) is 1.49. The lowest BCUT2D eigenvalue weighted by Crippen LogP contribution is -1.91. The van der Waals surface area contributed by atoms with E-state index in [-0.39, 0.29) is 16.7 Å². The van der Waals surface area contributed by atoms with Crippen molar-refractivity contribution in [2.45, 2.75) is 0 Å². The monoisotopic (exact) mass is 170 g/mol.